The number of nitrogens with one attached hydrogen (secondary N) is 2. The van der Waals surface area contributed by atoms with E-state index in [9.17, 15) is 9.59 Å². The second-order valence-electron chi connectivity index (χ2n) is 16.9. The molecule has 4 aliphatic heterocycles. The molecule has 1 spiro atoms. The number of hydrogen-bond donors (Lipinski definition) is 2. The minimum Gasteiger partial charge on any atom is -0.366 e. The van der Waals surface area contributed by atoms with E-state index in [0.717, 1.165) is 78.1 Å². The number of likely N-dealkylation sites (tertiary alicyclic amines) is 2. The summed E-state index contributed by atoms with van der Waals surface area (Å²) in [7, 11) is 0. The average molecular weight is 715 g/mol. The lowest BCUT2D eigenvalue weighted by atomic mass is 9.72. The fraction of sp³-hybridized carbons (Fsp3) is 0.650. The molecule has 1 aromatic carbocycles. The van der Waals surface area contributed by atoms with E-state index in [1.54, 1.807) is 0 Å². The Morgan fingerprint density at radius 3 is 2.37 bits per heavy atom. The zero-order valence-electron chi connectivity index (χ0n) is 30.6. The molecule has 274 valence electrons. The number of hydrogen-bond acceptors (Lipinski definition) is 7. The topological polar surface area (TPSA) is 98.6 Å². The molecule has 5 fully saturated rings. The smallest absolute Gasteiger partial charge is 0.238 e. The van der Waals surface area contributed by atoms with E-state index in [4.69, 9.17) is 9.97 Å². The Morgan fingerprint density at radius 1 is 0.961 bits per heavy atom. The number of anilines is 2. The van der Waals surface area contributed by atoms with Crippen LogP contribution in [0.5, 0.6) is 0 Å². The van der Waals surface area contributed by atoms with Gasteiger partial charge in [0.15, 0.2) is 5.82 Å². The summed E-state index contributed by atoms with van der Waals surface area (Å²) in [4.78, 5) is 45.8. The molecule has 6 aliphatic rings. The van der Waals surface area contributed by atoms with Crippen LogP contribution in [0.25, 0.3) is 22.3 Å². The molecule has 0 radical (unpaired) electrons. The maximum absolute atomic E-state index is 14.9. The minimum atomic E-state index is -0.581. The van der Waals surface area contributed by atoms with Crippen molar-refractivity contribution in [1.29, 1.82) is 0 Å². The molecule has 2 saturated carbocycles. The van der Waals surface area contributed by atoms with Gasteiger partial charge in [0.25, 0.3) is 0 Å². The van der Waals surface area contributed by atoms with Crippen molar-refractivity contribution >= 4 is 46.8 Å². The van der Waals surface area contributed by atoms with Crippen molar-refractivity contribution in [2.45, 2.75) is 121 Å². The predicted molar refractivity (Wildman–Crippen MR) is 205 cm³/mol. The summed E-state index contributed by atoms with van der Waals surface area (Å²) in [5.74, 6) is 1.42. The number of fused-ring (bicyclic) bond motifs is 3. The van der Waals surface area contributed by atoms with Crippen LogP contribution in [0, 0.1) is 5.41 Å². The van der Waals surface area contributed by atoms with E-state index < -0.39 is 5.41 Å². The number of aromatic nitrogens is 3. The number of benzene rings is 1. The standard InChI is InChI=1S/C40H54N8O2.ClH/c1-26(2)47-25-42-33-24-32(44-36(35(33)47)43-28-8-9-28)27-7-10-31-34(21-27)48(30-22-29(23-30)45-17-5-4-6-18-45)38(50)40(31)13-19-46(20-14-40)37(49)39(3)11-15-41-16-12-39;/h7,10,21,24-26,28-30,41H,4-6,8-9,11-20,22-23H2,1-3H3,(H,43,44);1H/t29-,30+;. The van der Waals surface area contributed by atoms with Gasteiger partial charge in [-0.1, -0.05) is 25.5 Å². The van der Waals surface area contributed by atoms with Crippen molar-refractivity contribution in [1.82, 2.24) is 29.7 Å². The van der Waals surface area contributed by atoms with Crippen LogP contribution in [-0.2, 0) is 15.0 Å². The lowest BCUT2D eigenvalue weighted by molar-refractivity contribution is -0.145. The normalized spacial score (nSPS) is 25.9. The summed E-state index contributed by atoms with van der Waals surface area (Å²) in [6.07, 6.45) is 13.4. The molecule has 3 saturated heterocycles. The molecule has 0 atom stereocenters. The number of nitrogens with zero attached hydrogens (tertiary/aromatic N) is 6. The Kier molecular flexibility index (Phi) is 9.11. The van der Waals surface area contributed by atoms with Gasteiger partial charge >= 0.3 is 0 Å². The van der Waals surface area contributed by atoms with Gasteiger partial charge in [-0.05, 0) is 122 Å². The monoisotopic (exact) mass is 714 g/mol. The third-order valence-corrected chi connectivity index (χ3v) is 13.2. The third-order valence-electron chi connectivity index (χ3n) is 13.2. The Balaban J connectivity index is 0.00000374. The highest BCUT2D eigenvalue weighted by molar-refractivity contribution is 6.09. The molecule has 3 aromatic rings. The molecule has 2 amide bonds. The van der Waals surface area contributed by atoms with Crippen LogP contribution in [0.2, 0.25) is 0 Å². The van der Waals surface area contributed by atoms with Gasteiger partial charge in [0, 0.05) is 53.9 Å². The van der Waals surface area contributed by atoms with Gasteiger partial charge in [0.2, 0.25) is 11.8 Å². The van der Waals surface area contributed by atoms with Crippen LogP contribution >= 0.6 is 12.4 Å². The quantitative estimate of drug-likeness (QED) is 0.297. The number of rotatable bonds is 7. The second kappa shape index (κ2) is 13.3. The van der Waals surface area contributed by atoms with E-state index in [2.05, 4.69) is 74.9 Å². The van der Waals surface area contributed by atoms with Crippen molar-refractivity contribution in [3.8, 4) is 11.3 Å². The number of piperidine rings is 3. The van der Waals surface area contributed by atoms with Gasteiger partial charge in [-0.15, -0.1) is 12.4 Å². The van der Waals surface area contributed by atoms with Crippen LogP contribution in [0.4, 0.5) is 11.5 Å². The minimum absolute atomic E-state index is 0. The molecule has 2 N–H and O–H groups in total. The number of imidazole rings is 1. The lowest BCUT2D eigenvalue weighted by Crippen LogP contribution is -2.59. The summed E-state index contributed by atoms with van der Waals surface area (Å²) in [6.45, 7) is 11.9. The maximum atomic E-state index is 14.9. The fourth-order valence-corrected chi connectivity index (χ4v) is 9.73. The highest BCUT2D eigenvalue weighted by atomic mass is 35.5. The fourth-order valence-electron chi connectivity index (χ4n) is 9.73. The first-order valence-corrected chi connectivity index (χ1v) is 19.6. The maximum Gasteiger partial charge on any atom is 0.238 e. The summed E-state index contributed by atoms with van der Waals surface area (Å²) in [6, 6.07) is 10.3. The van der Waals surface area contributed by atoms with E-state index in [-0.39, 0.29) is 41.7 Å². The first kappa shape index (κ1) is 34.9. The van der Waals surface area contributed by atoms with Crippen LogP contribution in [0.3, 0.4) is 0 Å². The first-order valence-electron chi connectivity index (χ1n) is 19.6. The van der Waals surface area contributed by atoms with E-state index >= 15 is 0 Å². The summed E-state index contributed by atoms with van der Waals surface area (Å²) >= 11 is 0. The molecule has 10 nitrogen and oxygen atoms in total. The van der Waals surface area contributed by atoms with Gasteiger partial charge in [-0.25, -0.2) is 9.97 Å². The molecule has 0 bridgehead atoms. The number of carbonyl (C=O) groups excluding carboxylic acids is 2. The second-order valence-corrected chi connectivity index (χ2v) is 16.9. The zero-order chi connectivity index (χ0) is 34.2. The van der Waals surface area contributed by atoms with Crippen molar-refractivity contribution in [3.63, 3.8) is 0 Å². The Labute approximate surface area is 308 Å². The van der Waals surface area contributed by atoms with Gasteiger partial charge in [0.1, 0.15) is 5.52 Å². The summed E-state index contributed by atoms with van der Waals surface area (Å²) in [5, 5.41) is 7.11. The van der Waals surface area contributed by atoms with Crippen LogP contribution in [0.15, 0.2) is 30.6 Å². The van der Waals surface area contributed by atoms with E-state index in [0.29, 0.717) is 38.0 Å². The molecule has 6 heterocycles. The first-order chi connectivity index (χ1) is 24.2. The molecule has 11 heteroatoms. The van der Waals surface area contributed by atoms with E-state index in [1.165, 1.54) is 45.2 Å². The highest BCUT2D eigenvalue weighted by Crippen LogP contribution is 2.52. The molecular weight excluding hydrogens is 660 g/mol. The average Bonchev–Trinajstić information content (AvgIpc) is 3.77. The molecule has 0 unspecified atom stereocenters. The zero-order valence-corrected chi connectivity index (χ0v) is 31.4. The number of carbonyl (C=O) groups is 2. The SMILES string of the molecule is CC(C)n1cnc2cc(-c3ccc4c(c3)N([C@H]3C[C@@H](N5CCCCC5)C3)C(=O)C43CCN(C(=O)C4(C)CCNCC4)CC3)nc(NC3CC3)c21.Cl. The number of pyridine rings is 1. The van der Waals surface area contributed by atoms with Crippen LogP contribution < -0.4 is 15.5 Å². The largest absolute Gasteiger partial charge is 0.366 e. The molecular formula is C40H55ClN8O2. The summed E-state index contributed by atoms with van der Waals surface area (Å²) < 4.78 is 2.21. The van der Waals surface area contributed by atoms with Crippen LogP contribution in [0.1, 0.15) is 103 Å². The molecule has 51 heavy (non-hydrogen) atoms. The van der Waals surface area contributed by atoms with Crippen molar-refractivity contribution in [3.05, 3.63) is 36.2 Å². The van der Waals surface area contributed by atoms with Gasteiger partial charge < -0.3 is 29.9 Å². The van der Waals surface area contributed by atoms with Crippen molar-refractivity contribution in [2.24, 2.45) is 5.41 Å². The summed E-state index contributed by atoms with van der Waals surface area (Å²) in [5.41, 5.74) is 5.24. The van der Waals surface area contributed by atoms with Gasteiger partial charge in [-0.2, -0.15) is 0 Å². The predicted octanol–water partition coefficient (Wildman–Crippen LogP) is 6.29. The van der Waals surface area contributed by atoms with Crippen LogP contribution in [-0.4, -0.2) is 93.5 Å². The molecule has 2 aliphatic carbocycles. The Bertz CT molecular complexity index is 1790. The van der Waals surface area contributed by atoms with Gasteiger partial charge in [-0.3, -0.25) is 9.59 Å². The molecule has 9 rings (SSSR count). The third kappa shape index (κ3) is 5.93. The van der Waals surface area contributed by atoms with Crippen molar-refractivity contribution < 1.29 is 9.59 Å². The highest BCUT2D eigenvalue weighted by Gasteiger charge is 2.56. The number of halogens is 1. The van der Waals surface area contributed by atoms with Crippen molar-refractivity contribution in [2.75, 3.05) is 49.5 Å². The Hall–Kier alpha value is -3.21. The van der Waals surface area contributed by atoms with Gasteiger partial charge in [0.05, 0.1) is 23.0 Å². The number of amides is 2. The lowest BCUT2D eigenvalue weighted by Gasteiger charge is -2.48. The Morgan fingerprint density at radius 2 is 1.69 bits per heavy atom. The van der Waals surface area contributed by atoms with E-state index in [1.807, 2.05) is 6.33 Å². The molecule has 2 aromatic heterocycles.